The zero-order valence-corrected chi connectivity index (χ0v) is 12.4. The Bertz CT molecular complexity index is 382. The van der Waals surface area contributed by atoms with Crippen LogP contribution >= 0.6 is 11.6 Å². The predicted molar refractivity (Wildman–Crippen MR) is 77.0 cm³/mol. The Balaban J connectivity index is 3.02. The summed E-state index contributed by atoms with van der Waals surface area (Å²) >= 11 is 5.90. The first-order valence-corrected chi connectivity index (χ1v) is 6.93. The highest BCUT2D eigenvalue weighted by Crippen LogP contribution is 2.27. The van der Waals surface area contributed by atoms with Crippen LogP contribution in [0.5, 0.6) is 0 Å². The maximum absolute atomic E-state index is 12.5. The molecule has 0 spiro atoms. The molecule has 1 rings (SSSR count). The van der Waals surface area contributed by atoms with Crippen LogP contribution in [-0.4, -0.2) is 23.9 Å². The molecular formula is C15H22ClNO. The molecule has 0 saturated heterocycles. The topological polar surface area (TPSA) is 20.3 Å². The van der Waals surface area contributed by atoms with Crippen LogP contribution in [0.2, 0.25) is 5.02 Å². The van der Waals surface area contributed by atoms with Gasteiger partial charge >= 0.3 is 0 Å². The summed E-state index contributed by atoms with van der Waals surface area (Å²) in [5.74, 6) is 0.402. The van der Waals surface area contributed by atoms with Crippen molar-refractivity contribution in [3.63, 3.8) is 0 Å². The number of hydrogen-bond acceptors (Lipinski definition) is 1. The fourth-order valence-electron chi connectivity index (χ4n) is 2.21. The summed E-state index contributed by atoms with van der Waals surface area (Å²) < 4.78 is 0. The van der Waals surface area contributed by atoms with E-state index in [0.29, 0.717) is 5.02 Å². The molecule has 1 amide bonds. The molecule has 0 heterocycles. The largest absolute Gasteiger partial charge is 0.343 e. The third-order valence-electron chi connectivity index (χ3n) is 3.24. The first-order valence-electron chi connectivity index (χ1n) is 6.55. The van der Waals surface area contributed by atoms with E-state index in [1.54, 1.807) is 0 Å². The third kappa shape index (κ3) is 3.49. The highest BCUT2D eigenvalue weighted by molar-refractivity contribution is 6.30. The average molecular weight is 268 g/mol. The van der Waals surface area contributed by atoms with Crippen molar-refractivity contribution in [2.24, 2.45) is 5.92 Å². The lowest BCUT2D eigenvalue weighted by atomic mass is 9.87. The van der Waals surface area contributed by atoms with Gasteiger partial charge in [-0.15, -0.1) is 0 Å². The van der Waals surface area contributed by atoms with Gasteiger partial charge in [-0.1, -0.05) is 37.6 Å². The van der Waals surface area contributed by atoms with Crippen LogP contribution in [0.15, 0.2) is 24.3 Å². The number of halogens is 1. The molecule has 0 aliphatic carbocycles. The molecule has 0 saturated carbocycles. The smallest absolute Gasteiger partial charge is 0.230 e. The fraction of sp³-hybridized carbons (Fsp3) is 0.533. The second kappa shape index (κ2) is 6.79. The zero-order chi connectivity index (χ0) is 13.7. The van der Waals surface area contributed by atoms with Gasteiger partial charge in [-0.2, -0.15) is 0 Å². The van der Waals surface area contributed by atoms with Crippen molar-refractivity contribution in [3.8, 4) is 0 Å². The van der Waals surface area contributed by atoms with Crippen molar-refractivity contribution in [2.45, 2.75) is 33.6 Å². The van der Waals surface area contributed by atoms with Gasteiger partial charge in [-0.25, -0.2) is 0 Å². The molecule has 0 fully saturated rings. The average Bonchev–Trinajstić information content (AvgIpc) is 2.33. The lowest BCUT2D eigenvalue weighted by Crippen LogP contribution is -2.36. The highest BCUT2D eigenvalue weighted by atomic mass is 35.5. The molecule has 100 valence electrons. The number of nitrogens with zero attached hydrogens (tertiary/aromatic N) is 1. The van der Waals surface area contributed by atoms with E-state index in [2.05, 4.69) is 13.8 Å². The van der Waals surface area contributed by atoms with Crippen molar-refractivity contribution in [1.82, 2.24) is 4.90 Å². The highest BCUT2D eigenvalue weighted by Gasteiger charge is 2.27. The number of carbonyl (C=O) groups is 1. The van der Waals surface area contributed by atoms with Crippen LogP contribution in [0, 0.1) is 5.92 Å². The molecule has 0 aromatic heterocycles. The number of benzene rings is 1. The Hall–Kier alpha value is -1.02. The Kier molecular flexibility index (Phi) is 5.67. The molecule has 1 atom stereocenters. The molecule has 2 nitrogen and oxygen atoms in total. The number of rotatable bonds is 5. The normalized spacial score (nSPS) is 12.6. The summed E-state index contributed by atoms with van der Waals surface area (Å²) in [7, 11) is 0. The van der Waals surface area contributed by atoms with Crippen molar-refractivity contribution in [2.75, 3.05) is 13.1 Å². The van der Waals surface area contributed by atoms with E-state index in [1.807, 2.05) is 43.0 Å². The molecule has 1 aromatic rings. The molecule has 0 aliphatic rings. The number of amides is 1. The maximum Gasteiger partial charge on any atom is 0.230 e. The van der Waals surface area contributed by atoms with Gasteiger partial charge < -0.3 is 4.90 Å². The van der Waals surface area contributed by atoms with Crippen molar-refractivity contribution >= 4 is 17.5 Å². The van der Waals surface area contributed by atoms with Crippen LogP contribution in [-0.2, 0) is 4.79 Å². The minimum atomic E-state index is -0.0813. The minimum Gasteiger partial charge on any atom is -0.343 e. The van der Waals surface area contributed by atoms with E-state index in [0.717, 1.165) is 18.7 Å². The summed E-state index contributed by atoms with van der Waals surface area (Å²) in [6.07, 6.45) is 0. The van der Waals surface area contributed by atoms with Gasteiger partial charge in [0.2, 0.25) is 5.91 Å². The molecule has 18 heavy (non-hydrogen) atoms. The second-order valence-corrected chi connectivity index (χ2v) is 5.22. The quantitative estimate of drug-likeness (QED) is 0.791. The molecule has 0 bridgehead atoms. The Labute approximate surface area is 115 Å². The van der Waals surface area contributed by atoms with E-state index in [9.17, 15) is 4.79 Å². The summed E-state index contributed by atoms with van der Waals surface area (Å²) in [6.45, 7) is 9.71. The van der Waals surface area contributed by atoms with Gasteiger partial charge in [0.25, 0.3) is 0 Å². The fourth-order valence-corrected chi connectivity index (χ4v) is 2.34. The Morgan fingerprint density at radius 3 is 2.06 bits per heavy atom. The molecule has 3 heteroatoms. The van der Waals surface area contributed by atoms with E-state index in [1.165, 1.54) is 0 Å². The number of hydrogen-bond donors (Lipinski definition) is 0. The van der Waals surface area contributed by atoms with Crippen molar-refractivity contribution < 1.29 is 4.79 Å². The number of likely N-dealkylation sites (N-methyl/N-ethyl adjacent to an activating group) is 1. The van der Waals surface area contributed by atoms with Gasteiger partial charge in [-0.3, -0.25) is 4.79 Å². The summed E-state index contributed by atoms with van der Waals surface area (Å²) in [6, 6.07) is 7.60. The second-order valence-electron chi connectivity index (χ2n) is 4.78. The van der Waals surface area contributed by atoms with Crippen LogP contribution in [0.25, 0.3) is 0 Å². The van der Waals surface area contributed by atoms with E-state index >= 15 is 0 Å². The van der Waals surface area contributed by atoms with E-state index < -0.39 is 0 Å². The third-order valence-corrected chi connectivity index (χ3v) is 3.49. The zero-order valence-electron chi connectivity index (χ0n) is 11.6. The van der Waals surface area contributed by atoms with E-state index in [4.69, 9.17) is 11.6 Å². The molecule has 0 radical (unpaired) electrons. The van der Waals surface area contributed by atoms with Crippen molar-refractivity contribution in [1.29, 1.82) is 0 Å². The van der Waals surface area contributed by atoms with E-state index in [-0.39, 0.29) is 17.7 Å². The van der Waals surface area contributed by atoms with Crippen molar-refractivity contribution in [3.05, 3.63) is 34.9 Å². The molecular weight excluding hydrogens is 246 g/mol. The van der Waals surface area contributed by atoms with Gasteiger partial charge in [0, 0.05) is 18.1 Å². The first-order chi connectivity index (χ1) is 8.51. The van der Waals surface area contributed by atoms with Crippen LogP contribution < -0.4 is 0 Å². The summed E-state index contributed by atoms with van der Waals surface area (Å²) in [5, 5.41) is 0.705. The summed E-state index contributed by atoms with van der Waals surface area (Å²) in [5.41, 5.74) is 1.05. The SMILES string of the molecule is CCN(CC)C(=O)C(c1ccc(Cl)cc1)C(C)C. The molecule has 1 aromatic carbocycles. The van der Waals surface area contributed by atoms with Gasteiger partial charge in [0.1, 0.15) is 0 Å². The van der Waals surface area contributed by atoms with Gasteiger partial charge in [0.05, 0.1) is 5.92 Å². The Morgan fingerprint density at radius 1 is 1.17 bits per heavy atom. The molecule has 0 aliphatic heterocycles. The lowest BCUT2D eigenvalue weighted by molar-refractivity contribution is -0.133. The Morgan fingerprint density at radius 2 is 1.67 bits per heavy atom. The van der Waals surface area contributed by atoms with Gasteiger partial charge in [0.15, 0.2) is 0 Å². The summed E-state index contributed by atoms with van der Waals surface area (Å²) in [4.78, 5) is 14.4. The van der Waals surface area contributed by atoms with Crippen LogP contribution in [0.1, 0.15) is 39.2 Å². The minimum absolute atomic E-state index is 0.0813. The van der Waals surface area contributed by atoms with Gasteiger partial charge in [-0.05, 0) is 37.5 Å². The number of carbonyl (C=O) groups excluding carboxylic acids is 1. The maximum atomic E-state index is 12.5. The lowest BCUT2D eigenvalue weighted by Gasteiger charge is -2.27. The molecule has 1 unspecified atom stereocenters. The molecule has 0 N–H and O–H groups in total. The monoisotopic (exact) mass is 267 g/mol. The van der Waals surface area contributed by atoms with Crippen LogP contribution in [0.3, 0.4) is 0 Å². The van der Waals surface area contributed by atoms with Crippen LogP contribution in [0.4, 0.5) is 0 Å². The first kappa shape index (κ1) is 15.0. The standard InChI is InChI=1S/C15H22ClNO/c1-5-17(6-2)15(18)14(11(3)4)12-7-9-13(16)10-8-12/h7-11,14H,5-6H2,1-4H3. The predicted octanol–water partition coefficient (Wildman–Crippen LogP) is 3.95.